The van der Waals surface area contributed by atoms with Gasteiger partial charge in [0.15, 0.2) is 5.76 Å². The third kappa shape index (κ3) is 4.60. The normalized spacial score (nSPS) is 15.6. The number of nitrogens with zero attached hydrogens (tertiary/aromatic N) is 2. The van der Waals surface area contributed by atoms with Gasteiger partial charge in [0, 0.05) is 18.2 Å². The van der Waals surface area contributed by atoms with Crippen molar-refractivity contribution in [2.24, 2.45) is 0 Å². The van der Waals surface area contributed by atoms with Gasteiger partial charge in [-0.05, 0) is 57.2 Å². The molecule has 0 spiro atoms. The molecule has 1 aromatic carbocycles. The van der Waals surface area contributed by atoms with Crippen LogP contribution in [0.25, 0.3) is 0 Å². The maximum atomic E-state index is 12.3. The first-order chi connectivity index (χ1) is 12.5. The second-order valence-electron chi connectivity index (χ2n) is 6.36. The van der Waals surface area contributed by atoms with E-state index in [2.05, 4.69) is 17.3 Å². The zero-order chi connectivity index (χ0) is 18.5. The molecular weight excluding hydrogens is 338 g/mol. The van der Waals surface area contributed by atoms with Gasteiger partial charge in [-0.3, -0.25) is 14.9 Å². The number of piperidine rings is 1. The molecule has 0 saturated carbocycles. The average molecular weight is 359 g/mol. The Balaban J connectivity index is 1.51. The molecule has 0 aliphatic carbocycles. The molecule has 1 amide bonds. The fraction of sp³-hybridized carbons (Fsp3) is 0.389. The van der Waals surface area contributed by atoms with Gasteiger partial charge in [-0.15, -0.1) is 0 Å². The number of nitro benzene ring substituents is 1. The van der Waals surface area contributed by atoms with Crippen LogP contribution in [-0.4, -0.2) is 41.9 Å². The number of nitrogens with one attached hydrogen (secondary N) is 1. The molecule has 138 valence electrons. The van der Waals surface area contributed by atoms with Crippen molar-refractivity contribution in [1.29, 1.82) is 0 Å². The predicted molar refractivity (Wildman–Crippen MR) is 94.1 cm³/mol. The molecule has 8 nitrogen and oxygen atoms in total. The van der Waals surface area contributed by atoms with Crippen molar-refractivity contribution >= 4 is 11.6 Å². The van der Waals surface area contributed by atoms with Crippen LogP contribution < -0.4 is 10.1 Å². The monoisotopic (exact) mass is 359 g/mol. The number of rotatable bonds is 6. The standard InChI is InChI=1S/C18H21N3O5/c1-20-10-8-13(9-11-20)19-18(22)17-7-6-16(26-17)12-25-15-4-2-14(3-5-15)21(23)24/h2-7,13H,8-12H2,1H3,(H,19,22). The van der Waals surface area contributed by atoms with Crippen molar-refractivity contribution in [3.63, 3.8) is 0 Å². The Morgan fingerprint density at radius 2 is 1.96 bits per heavy atom. The van der Waals surface area contributed by atoms with Crippen molar-refractivity contribution in [3.8, 4) is 5.75 Å². The molecule has 1 aromatic heterocycles. The van der Waals surface area contributed by atoms with Gasteiger partial charge in [-0.1, -0.05) is 0 Å². The van der Waals surface area contributed by atoms with Crippen molar-refractivity contribution in [1.82, 2.24) is 10.2 Å². The molecule has 2 heterocycles. The Bertz CT molecular complexity index is 763. The van der Waals surface area contributed by atoms with Gasteiger partial charge in [-0.2, -0.15) is 0 Å². The lowest BCUT2D eigenvalue weighted by Gasteiger charge is -2.29. The third-order valence-electron chi connectivity index (χ3n) is 4.37. The average Bonchev–Trinajstić information content (AvgIpc) is 3.11. The number of non-ortho nitro benzene ring substituents is 1. The highest BCUT2D eigenvalue weighted by molar-refractivity contribution is 5.91. The quantitative estimate of drug-likeness (QED) is 0.629. The number of hydrogen-bond donors (Lipinski definition) is 1. The van der Waals surface area contributed by atoms with E-state index in [1.165, 1.54) is 24.3 Å². The Kier molecular flexibility index (Phi) is 5.52. The summed E-state index contributed by atoms with van der Waals surface area (Å²) in [6, 6.07) is 9.27. The van der Waals surface area contributed by atoms with Gasteiger partial charge in [0.2, 0.25) is 0 Å². The molecule has 0 radical (unpaired) electrons. The SMILES string of the molecule is CN1CCC(NC(=O)c2ccc(COc3ccc([N+](=O)[O-])cc3)o2)CC1. The predicted octanol–water partition coefficient (Wildman–Crippen LogP) is 2.59. The number of benzene rings is 1. The molecule has 0 bridgehead atoms. The number of hydrogen-bond acceptors (Lipinski definition) is 6. The lowest BCUT2D eigenvalue weighted by atomic mass is 10.1. The first-order valence-electron chi connectivity index (χ1n) is 8.46. The summed E-state index contributed by atoms with van der Waals surface area (Å²) in [5.74, 6) is 1.04. The Hall–Kier alpha value is -2.87. The number of likely N-dealkylation sites (tertiary alicyclic amines) is 1. The van der Waals surface area contributed by atoms with E-state index in [4.69, 9.17) is 9.15 Å². The summed E-state index contributed by atoms with van der Waals surface area (Å²) in [4.78, 5) is 24.7. The molecule has 2 aromatic rings. The van der Waals surface area contributed by atoms with Crippen LogP contribution in [0.4, 0.5) is 5.69 Å². The molecule has 0 unspecified atom stereocenters. The topological polar surface area (TPSA) is 97.9 Å². The molecule has 0 atom stereocenters. The fourth-order valence-electron chi connectivity index (χ4n) is 2.81. The highest BCUT2D eigenvalue weighted by Crippen LogP contribution is 2.19. The van der Waals surface area contributed by atoms with Crippen molar-refractivity contribution in [2.45, 2.75) is 25.5 Å². The second kappa shape index (κ2) is 8.01. The number of furan rings is 1. The largest absolute Gasteiger partial charge is 0.486 e. The number of ether oxygens (including phenoxy) is 1. The van der Waals surface area contributed by atoms with Crippen LogP contribution in [0.2, 0.25) is 0 Å². The Morgan fingerprint density at radius 3 is 2.62 bits per heavy atom. The van der Waals surface area contributed by atoms with Gasteiger partial charge in [0.05, 0.1) is 4.92 Å². The molecule has 1 fully saturated rings. The summed E-state index contributed by atoms with van der Waals surface area (Å²) < 4.78 is 11.1. The molecule has 1 N–H and O–H groups in total. The summed E-state index contributed by atoms with van der Waals surface area (Å²) in [5, 5.41) is 13.6. The van der Waals surface area contributed by atoms with E-state index in [1.807, 2.05) is 0 Å². The smallest absolute Gasteiger partial charge is 0.287 e. The number of carbonyl (C=O) groups is 1. The molecule has 1 aliphatic rings. The van der Waals surface area contributed by atoms with Crippen LogP contribution >= 0.6 is 0 Å². The van der Waals surface area contributed by atoms with Crippen LogP contribution in [0, 0.1) is 10.1 Å². The van der Waals surface area contributed by atoms with Gasteiger partial charge < -0.3 is 19.4 Å². The van der Waals surface area contributed by atoms with E-state index in [0.717, 1.165) is 25.9 Å². The van der Waals surface area contributed by atoms with Crippen LogP contribution in [-0.2, 0) is 6.61 Å². The minimum atomic E-state index is -0.467. The van der Waals surface area contributed by atoms with Gasteiger partial charge in [0.1, 0.15) is 18.1 Å². The van der Waals surface area contributed by atoms with Crippen LogP contribution in [0.15, 0.2) is 40.8 Å². The van der Waals surface area contributed by atoms with Crippen molar-refractivity contribution in [3.05, 3.63) is 58.0 Å². The van der Waals surface area contributed by atoms with E-state index < -0.39 is 4.92 Å². The summed E-state index contributed by atoms with van der Waals surface area (Å²) in [5.41, 5.74) is 0.00297. The molecule has 26 heavy (non-hydrogen) atoms. The first kappa shape index (κ1) is 17.9. The number of amides is 1. The number of carbonyl (C=O) groups excluding carboxylic acids is 1. The molecule has 8 heteroatoms. The maximum absolute atomic E-state index is 12.3. The lowest BCUT2D eigenvalue weighted by Crippen LogP contribution is -2.43. The Morgan fingerprint density at radius 1 is 1.27 bits per heavy atom. The highest BCUT2D eigenvalue weighted by Gasteiger charge is 2.20. The van der Waals surface area contributed by atoms with E-state index in [1.54, 1.807) is 12.1 Å². The van der Waals surface area contributed by atoms with Crippen LogP contribution in [0.5, 0.6) is 5.75 Å². The minimum Gasteiger partial charge on any atom is -0.486 e. The minimum absolute atomic E-state index is 0.00297. The molecule has 1 saturated heterocycles. The molecular formula is C18H21N3O5. The van der Waals surface area contributed by atoms with Crippen molar-refractivity contribution < 1.29 is 18.9 Å². The van der Waals surface area contributed by atoms with E-state index in [-0.39, 0.29) is 30.0 Å². The van der Waals surface area contributed by atoms with E-state index in [9.17, 15) is 14.9 Å². The van der Waals surface area contributed by atoms with Gasteiger partial charge in [0.25, 0.3) is 11.6 Å². The van der Waals surface area contributed by atoms with Gasteiger partial charge in [-0.25, -0.2) is 0 Å². The van der Waals surface area contributed by atoms with E-state index in [0.29, 0.717) is 11.5 Å². The van der Waals surface area contributed by atoms with E-state index >= 15 is 0 Å². The van der Waals surface area contributed by atoms with Crippen LogP contribution in [0.3, 0.4) is 0 Å². The maximum Gasteiger partial charge on any atom is 0.287 e. The zero-order valence-corrected chi connectivity index (χ0v) is 14.5. The highest BCUT2D eigenvalue weighted by atomic mass is 16.6. The molecule has 1 aliphatic heterocycles. The van der Waals surface area contributed by atoms with Gasteiger partial charge >= 0.3 is 0 Å². The fourth-order valence-corrected chi connectivity index (χ4v) is 2.81. The third-order valence-corrected chi connectivity index (χ3v) is 4.37. The Labute approximate surface area is 150 Å². The molecule has 3 rings (SSSR count). The van der Waals surface area contributed by atoms with Crippen molar-refractivity contribution in [2.75, 3.05) is 20.1 Å². The zero-order valence-electron chi connectivity index (χ0n) is 14.5. The summed E-state index contributed by atoms with van der Waals surface area (Å²) in [6.45, 7) is 2.08. The summed E-state index contributed by atoms with van der Waals surface area (Å²) >= 11 is 0. The summed E-state index contributed by atoms with van der Waals surface area (Å²) in [7, 11) is 2.07. The second-order valence-corrected chi connectivity index (χ2v) is 6.36. The lowest BCUT2D eigenvalue weighted by molar-refractivity contribution is -0.384. The number of nitro groups is 1. The first-order valence-corrected chi connectivity index (χ1v) is 8.46. The summed E-state index contributed by atoms with van der Waals surface area (Å²) in [6.07, 6.45) is 1.86. The van der Waals surface area contributed by atoms with Crippen LogP contribution in [0.1, 0.15) is 29.2 Å².